The highest BCUT2D eigenvalue weighted by Crippen LogP contribution is 2.35. The van der Waals surface area contributed by atoms with Crippen LogP contribution in [0.15, 0.2) is 48.5 Å². The van der Waals surface area contributed by atoms with Crippen LogP contribution < -0.4 is 10.6 Å². The highest BCUT2D eigenvalue weighted by atomic mass is 16.3. The summed E-state index contributed by atoms with van der Waals surface area (Å²) >= 11 is 0. The zero-order valence-corrected chi connectivity index (χ0v) is 16.6. The van der Waals surface area contributed by atoms with Crippen LogP contribution in [0.2, 0.25) is 0 Å². The third-order valence-corrected chi connectivity index (χ3v) is 5.69. The fraction of sp³-hybridized carbons (Fsp3) is 0.500. The van der Waals surface area contributed by atoms with Gasteiger partial charge in [-0.3, -0.25) is 0 Å². The molecule has 3 heteroatoms. The van der Waals surface area contributed by atoms with Gasteiger partial charge >= 0.3 is 0 Å². The minimum atomic E-state index is 0.276. The Bertz CT molecular complexity index is 686. The molecule has 0 spiro atoms. The molecule has 146 valence electrons. The van der Waals surface area contributed by atoms with Crippen molar-refractivity contribution in [2.75, 3.05) is 13.1 Å². The van der Waals surface area contributed by atoms with Crippen molar-refractivity contribution in [3.8, 4) is 5.75 Å². The maximum Gasteiger partial charge on any atom is 0.119 e. The van der Waals surface area contributed by atoms with Crippen LogP contribution in [0.1, 0.15) is 61.8 Å². The van der Waals surface area contributed by atoms with Crippen LogP contribution in [0.4, 0.5) is 0 Å². The van der Waals surface area contributed by atoms with Gasteiger partial charge in [0.25, 0.3) is 0 Å². The predicted octanol–water partition coefficient (Wildman–Crippen LogP) is 4.75. The Balaban J connectivity index is 1.62. The normalized spacial score (nSPS) is 19.0. The number of unbranched alkanes of at least 4 members (excludes halogenated alkanes) is 3. The van der Waals surface area contributed by atoms with Gasteiger partial charge in [0.15, 0.2) is 0 Å². The highest BCUT2D eigenvalue weighted by molar-refractivity contribution is 5.43. The van der Waals surface area contributed by atoms with E-state index >= 15 is 0 Å². The minimum Gasteiger partial charge on any atom is -0.508 e. The second kappa shape index (κ2) is 10.5. The summed E-state index contributed by atoms with van der Waals surface area (Å²) in [6, 6.07) is 17.3. The van der Waals surface area contributed by atoms with Gasteiger partial charge in [0.1, 0.15) is 5.75 Å². The number of phenols is 1. The summed E-state index contributed by atoms with van der Waals surface area (Å²) in [5.41, 5.74) is 3.78. The first kappa shape index (κ1) is 19.9. The smallest absolute Gasteiger partial charge is 0.119 e. The summed E-state index contributed by atoms with van der Waals surface area (Å²) < 4.78 is 0. The van der Waals surface area contributed by atoms with Crippen molar-refractivity contribution < 1.29 is 5.11 Å². The maximum atomic E-state index is 10.3. The molecule has 0 radical (unpaired) electrons. The molecule has 0 aromatic heterocycles. The molecule has 0 heterocycles. The van der Waals surface area contributed by atoms with Crippen LogP contribution in [0.5, 0.6) is 5.75 Å². The molecule has 0 saturated heterocycles. The van der Waals surface area contributed by atoms with Crippen molar-refractivity contribution in [3.05, 3.63) is 65.2 Å². The van der Waals surface area contributed by atoms with Crippen LogP contribution in [-0.4, -0.2) is 24.2 Å². The minimum absolute atomic E-state index is 0.276. The zero-order valence-electron chi connectivity index (χ0n) is 16.6. The third kappa shape index (κ3) is 5.57. The molecule has 0 aliphatic heterocycles. The molecule has 1 aliphatic rings. The molecule has 2 unspecified atom stereocenters. The van der Waals surface area contributed by atoms with E-state index in [1.807, 2.05) is 12.1 Å². The zero-order chi connectivity index (χ0) is 18.9. The lowest BCUT2D eigenvalue weighted by molar-refractivity contribution is 0.333. The molecule has 1 aliphatic carbocycles. The number of rotatable bonds is 10. The second-order valence-corrected chi connectivity index (χ2v) is 7.67. The first-order chi connectivity index (χ1) is 13.3. The molecule has 0 fully saturated rings. The van der Waals surface area contributed by atoms with E-state index in [-0.39, 0.29) is 6.04 Å². The monoisotopic (exact) mass is 366 g/mol. The molecule has 0 bridgehead atoms. The lowest BCUT2D eigenvalue weighted by atomic mass is 9.83. The van der Waals surface area contributed by atoms with Crippen molar-refractivity contribution in [1.29, 1.82) is 0 Å². The molecule has 3 N–H and O–H groups in total. The Morgan fingerprint density at radius 2 is 1.78 bits per heavy atom. The average molecular weight is 367 g/mol. The fourth-order valence-electron chi connectivity index (χ4n) is 4.17. The standard InChI is InChI=1S/C24H34N2O/c1-2-3-4-8-17-26-24-21-12-9-13-23(27)20(21)14-15-22(24)25-18-16-19-10-6-5-7-11-19/h5-7,9-13,22,24-27H,2-4,8,14-18H2,1H3. The van der Waals surface area contributed by atoms with E-state index in [1.165, 1.54) is 36.8 Å². The Hall–Kier alpha value is -1.84. The third-order valence-electron chi connectivity index (χ3n) is 5.69. The predicted molar refractivity (Wildman–Crippen MR) is 113 cm³/mol. The molecule has 0 saturated carbocycles. The Labute approximate surface area is 164 Å². The molecule has 2 aromatic carbocycles. The van der Waals surface area contributed by atoms with Crippen molar-refractivity contribution in [1.82, 2.24) is 10.6 Å². The summed E-state index contributed by atoms with van der Waals surface area (Å²) in [7, 11) is 0. The molecule has 0 amide bonds. The van der Waals surface area contributed by atoms with Crippen LogP contribution in [-0.2, 0) is 12.8 Å². The number of nitrogens with one attached hydrogen (secondary N) is 2. The van der Waals surface area contributed by atoms with Gasteiger partial charge in [-0.25, -0.2) is 0 Å². The first-order valence-corrected chi connectivity index (χ1v) is 10.6. The molecule has 27 heavy (non-hydrogen) atoms. The summed E-state index contributed by atoms with van der Waals surface area (Å²) in [5, 5.41) is 17.9. The van der Waals surface area contributed by atoms with E-state index in [2.05, 4.69) is 54.0 Å². The molecule has 3 nitrogen and oxygen atoms in total. The van der Waals surface area contributed by atoms with E-state index in [4.69, 9.17) is 0 Å². The largest absolute Gasteiger partial charge is 0.508 e. The van der Waals surface area contributed by atoms with E-state index < -0.39 is 0 Å². The van der Waals surface area contributed by atoms with Gasteiger partial charge in [-0.15, -0.1) is 0 Å². The van der Waals surface area contributed by atoms with Gasteiger partial charge in [-0.1, -0.05) is 68.7 Å². The topological polar surface area (TPSA) is 44.3 Å². The van der Waals surface area contributed by atoms with Crippen molar-refractivity contribution in [2.24, 2.45) is 0 Å². The summed E-state index contributed by atoms with van der Waals surface area (Å²) in [6.45, 7) is 4.27. The van der Waals surface area contributed by atoms with Crippen molar-refractivity contribution >= 4 is 0 Å². The van der Waals surface area contributed by atoms with E-state index in [9.17, 15) is 5.11 Å². The summed E-state index contributed by atoms with van der Waals surface area (Å²) in [4.78, 5) is 0. The summed E-state index contributed by atoms with van der Waals surface area (Å²) in [6.07, 6.45) is 8.13. The highest BCUT2D eigenvalue weighted by Gasteiger charge is 2.30. The van der Waals surface area contributed by atoms with Gasteiger partial charge in [0.05, 0.1) is 0 Å². The lowest BCUT2D eigenvalue weighted by Crippen LogP contribution is -2.45. The van der Waals surface area contributed by atoms with Crippen LogP contribution in [0.25, 0.3) is 0 Å². The Morgan fingerprint density at radius 3 is 2.59 bits per heavy atom. The van der Waals surface area contributed by atoms with Crippen LogP contribution in [0.3, 0.4) is 0 Å². The van der Waals surface area contributed by atoms with Crippen LogP contribution >= 0.6 is 0 Å². The number of hydrogen-bond donors (Lipinski definition) is 3. The summed E-state index contributed by atoms with van der Waals surface area (Å²) in [5.74, 6) is 0.452. The van der Waals surface area contributed by atoms with Crippen molar-refractivity contribution in [2.45, 2.75) is 64.0 Å². The molecule has 2 atom stereocenters. The van der Waals surface area contributed by atoms with Gasteiger partial charge < -0.3 is 15.7 Å². The SMILES string of the molecule is CCCCCCNC1c2cccc(O)c2CCC1NCCc1ccccc1. The number of phenolic OH excluding ortho intramolecular Hbond substituents is 1. The number of benzene rings is 2. The maximum absolute atomic E-state index is 10.3. The first-order valence-electron chi connectivity index (χ1n) is 10.6. The molecular formula is C24H34N2O. The van der Waals surface area contributed by atoms with Gasteiger partial charge in [-0.05, 0) is 61.5 Å². The molecular weight excluding hydrogens is 332 g/mol. The number of hydrogen-bond acceptors (Lipinski definition) is 3. The Kier molecular flexibility index (Phi) is 7.73. The van der Waals surface area contributed by atoms with Gasteiger partial charge in [0.2, 0.25) is 0 Å². The quantitative estimate of drug-likeness (QED) is 0.532. The second-order valence-electron chi connectivity index (χ2n) is 7.67. The molecule has 2 aromatic rings. The van der Waals surface area contributed by atoms with Crippen molar-refractivity contribution in [3.63, 3.8) is 0 Å². The number of aromatic hydroxyl groups is 1. The van der Waals surface area contributed by atoms with Gasteiger partial charge in [0, 0.05) is 12.1 Å². The van der Waals surface area contributed by atoms with Gasteiger partial charge in [-0.2, -0.15) is 0 Å². The molecule has 3 rings (SSSR count). The van der Waals surface area contributed by atoms with E-state index in [0.717, 1.165) is 37.9 Å². The fourth-order valence-corrected chi connectivity index (χ4v) is 4.17. The average Bonchev–Trinajstić information content (AvgIpc) is 2.70. The lowest BCUT2D eigenvalue weighted by Gasteiger charge is -2.35. The van der Waals surface area contributed by atoms with E-state index in [0.29, 0.717) is 11.8 Å². The van der Waals surface area contributed by atoms with Crippen LogP contribution in [0, 0.1) is 0 Å². The number of fused-ring (bicyclic) bond motifs is 1. The Morgan fingerprint density at radius 1 is 0.926 bits per heavy atom. The van der Waals surface area contributed by atoms with E-state index in [1.54, 1.807) is 0 Å².